The summed E-state index contributed by atoms with van der Waals surface area (Å²) in [5, 5.41) is 0. The Morgan fingerprint density at radius 3 is 2.71 bits per heavy atom. The summed E-state index contributed by atoms with van der Waals surface area (Å²) in [5.41, 5.74) is 6.91. The number of anilines is 1. The SMILES string of the molecule is Nc1cc(CCCSc2ccccc2)ccn1. The highest BCUT2D eigenvalue weighted by Crippen LogP contribution is 2.18. The molecular formula is C14H16N2S. The fraction of sp³-hybridized carbons (Fsp3) is 0.214. The molecule has 0 saturated carbocycles. The maximum Gasteiger partial charge on any atom is 0.123 e. The molecule has 2 aromatic rings. The van der Waals surface area contributed by atoms with Gasteiger partial charge >= 0.3 is 0 Å². The number of nitrogens with zero attached hydrogens (tertiary/aromatic N) is 1. The number of benzene rings is 1. The first-order valence-corrected chi connectivity index (χ1v) is 6.71. The van der Waals surface area contributed by atoms with Crippen LogP contribution in [0.4, 0.5) is 5.82 Å². The average molecular weight is 244 g/mol. The van der Waals surface area contributed by atoms with Crippen LogP contribution >= 0.6 is 11.8 Å². The largest absolute Gasteiger partial charge is 0.384 e. The van der Waals surface area contributed by atoms with Crippen LogP contribution < -0.4 is 5.73 Å². The van der Waals surface area contributed by atoms with Crippen molar-refractivity contribution in [1.82, 2.24) is 4.98 Å². The Morgan fingerprint density at radius 1 is 1.12 bits per heavy atom. The molecule has 88 valence electrons. The summed E-state index contributed by atoms with van der Waals surface area (Å²) in [7, 11) is 0. The van der Waals surface area contributed by atoms with E-state index in [0.717, 1.165) is 18.6 Å². The summed E-state index contributed by atoms with van der Waals surface area (Å²) in [6, 6.07) is 14.5. The molecule has 0 aliphatic heterocycles. The first kappa shape index (κ1) is 12.0. The van der Waals surface area contributed by atoms with Gasteiger partial charge in [-0.15, -0.1) is 11.8 Å². The van der Waals surface area contributed by atoms with Crippen molar-refractivity contribution in [3.05, 3.63) is 54.2 Å². The minimum atomic E-state index is 0.609. The second-order valence-corrected chi connectivity index (χ2v) is 5.02. The predicted molar refractivity (Wildman–Crippen MR) is 74.1 cm³/mol. The summed E-state index contributed by atoms with van der Waals surface area (Å²) < 4.78 is 0. The van der Waals surface area contributed by atoms with Crippen molar-refractivity contribution >= 4 is 17.6 Å². The van der Waals surface area contributed by atoms with Crippen LogP contribution in [0.5, 0.6) is 0 Å². The summed E-state index contributed by atoms with van der Waals surface area (Å²) in [4.78, 5) is 5.32. The molecule has 2 nitrogen and oxygen atoms in total. The van der Waals surface area contributed by atoms with Gasteiger partial charge in [0.15, 0.2) is 0 Å². The maximum absolute atomic E-state index is 5.64. The van der Waals surface area contributed by atoms with E-state index in [1.165, 1.54) is 10.5 Å². The highest BCUT2D eigenvalue weighted by molar-refractivity contribution is 7.99. The molecule has 1 aromatic heterocycles. The van der Waals surface area contributed by atoms with Crippen molar-refractivity contribution in [1.29, 1.82) is 0 Å². The van der Waals surface area contributed by atoms with Crippen molar-refractivity contribution in [2.45, 2.75) is 17.7 Å². The molecule has 0 unspecified atom stereocenters. The van der Waals surface area contributed by atoms with Gasteiger partial charge in [-0.05, 0) is 48.4 Å². The molecule has 2 N–H and O–H groups in total. The summed E-state index contributed by atoms with van der Waals surface area (Å²) >= 11 is 1.90. The van der Waals surface area contributed by atoms with Gasteiger partial charge in [-0.3, -0.25) is 0 Å². The van der Waals surface area contributed by atoms with Crippen LogP contribution in [-0.4, -0.2) is 10.7 Å². The molecule has 0 aliphatic rings. The van der Waals surface area contributed by atoms with Gasteiger partial charge < -0.3 is 5.73 Å². The number of rotatable bonds is 5. The first-order valence-electron chi connectivity index (χ1n) is 5.73. The van der Waals surface area contributed by atoms with Crippen LogP contribution in [0.25, 0.3) is 0 Å². The van der Waals surface area contributed by atoms with Gasteiger partial charge in [0.05, 0.1) is 0 Å². The zero-order chi connectivity index (χ0) is 11.9. The van der Waals surface area contributed by atoms with E-state index in [4.69, 9.17) is 5.73 Å². The monoisotopic (exact) mass is 244 g/mol. The maximum atomic E-state index is 5.64. The molecule has 3 heteroatoms. The van der Waals surface area contributed by atoms with Gasteiger partial charge in [0.2, 0.25) is 0 Å². The third kappa shape index (κ3) is 4.11. The molecule has 0 bridgehead atoms. The highest BCUT2D eigenvalue weighted by atomic mass is 32.2. The molecule has 0 saturated heterocycles. The summed E-state index contributed by atoms with van der Waals surface area (Å²) in [6.45, 7) is 0. The Balaban J connectivity index is 1.73. The topological polar surface area (TPSA) is 38.9 Å². The van der Waals surface area contributed by atoms with E-state index in [-0.39, 0.29) is 0 Å². The van der Waals surface area contributed by atoms with Gasteiger partial charge in [-0.25, -0.2) is 4.98 Å². The number of aryl methyl sites for hydroxylation is 1. The van der Waals surface area contributed by atoms with E-state index in [0.29, 0.717) is 5.82 Å². The van der Waals surface area contributed by atoms with Gasteiger partial charge in [0, 0.05) is 11.1 Å². The second-order valence-electron chi connectivity index (χ2n) is 3.85. The molecule has 17 heavy (non-hydrogen) atoms. The van der Waals surface area contributed by atoms with Crippen LogP contribution in [0, 0.1) is 0 Å². The molecule has 1 aromatic carbocycles. The number of aromatic nitrogens is 1. The van der Waals surface area contributed by atoms with Crippen LogP contribution in [0.15, 0.2) is 53.6 Å². The number of hydrogen-bond acceptors (Lipinski definition) is 3. The molecular weight excluding hydrogens is 228 g/mol. The van der Waals surface area contributed by atoms with Crippen molar-refractivity contribution in [3.8, 4) is 0 Å². The molecule has 0 fully saturated rings. The lowest BCUT2D eigenvalue weighted by atomic mass is 10.1. The molecule has 0 aliphatic carbocycles. The number of nitrogens with two attached hydrogens (primary N) is 1. The fourth-order valence-corrected chi connectivity index (χ4v) is 2.51. The predicted octanol–water partition coefficient (Wildman–Crippen LogP) is 3.39. The van der Waals surface area contributed by atoms with Crippen LogP contribution in [0.1, 0.15) is 12.0 Å². The number of hydrogen-bond donors (Lipinski definition) is 1. The Morgan fingerprint density at radius 2 is 1.94 bits per heavy atom. The minimum absolute atomic E-state index is 0.609. The van der Waals surface area contributed by atoms with E-state index in [2.05, 4.69) is 29.2 Å². The second kappa shape index (κ2) is 6.30. The Hall–Kier alpha value is -1.48. The summed E-state index contributed by atoms with van der Waals surface area (Å²) in [6.07, 6.45) is 3.99. The summed E-state index contributed by atoms with van der Waals surface area (Å²) in [5.74, 6) is 1.74. The van der Waals surface area contributed by atoms with Crippen molar-refractivity contribution in [3.63, 3.8) is 0 Å². The van der Waals surface area contributed by atoms with E-state index in [1.807, 2.05) is 30.0 Å². The Labute approximate surface area is 106 Å². The molecule has 0 atom stereocenters. The highest BCUT2D eigenvalue weighted by Gasteiger charge is 1.96. The smallest absolute Gasteiger partial charge is 0.123 e. The molecule has 0 amide bonds. The van der Waals surface area contributed by atoms with Gasteiger partial charge in [0.1, 0.15) is 5.82 Å². The van der Waals surface area contributed by atoms with Crippen LogP contribution in [0.2, 0.25) is 0 Å². The fourth-order valence-electron chi connectivity index (χ4n) is 1.63. The van der Waals surface area contributed by atoms with Crippen LogP contribution in [-0.2, 0) is 6.42 Å². The normalized spacial score (nSPS) is 10.4. The van der Waals surface area contributed by atoms with E-state index in [1.54, 1.807) is 6.20 Å². The zero-order valence-electron chi connectivity index (χ0n) is 9.67. The Kier molecular flexibility index (Phi) is 4.45. The van der Waals surface area contributed by atoms with Crippen molar-refractivity contribution in [2.75, 3.05) is 11.5 Å². The minimum Gasteiger partial charge on any atom is -0.384 e. The lowest BCUT2D eigenvalue weighted by Crippen LogP contribution is -1.93. The third-order valence-electron chi connectivity index (χ3n) is 2.47. The first-order chi connectivity index (χ1) is 8.34. The Bertz CT molecular complexity index is 457. The lowest BCUT2D eigenvalue weighted by molar-refractivity contribution is 0.930. The van der Waals surface area contributed by atoms with Crippen molar-refractivity contribution < 1.29 is 0 Å². The third-order valence-corrected chi connectivity index (χ3v) is 3.57. The zero-order valence-corrected chi connectivity index (χ0v) is 10.5. The van der Waals surface area contributed by atoms with Gasteiger partial charge in [0.25, 0.3) is 0 Å². The quantitative estimate of drug-likeness (QED) is 0.647. The number of pyridine rings is 1. The standard InChI is InChI=1S/C14H16N2S/c15-14-11-12(8-9-16-14)5-4-10-17-13-6-2-1-3-7-13/h1-3,6-9,11H,4-5,10H2,(H2,15,16). The molecule has 0 spiro atoms. The molecule has 0 radical (unpaired) electrons. The van der Waals surface area contributed by atoms with Gasteiger partial charge in [-0.1, -0.05) is 18.2 Å². The lowest BCUT2D eigenvalue weighted by Gasteiger charge is -2.02. The van der Waals surface area contributed by atoms with E-state index in [9.17, 15) is 0 Å². The molecule has 1 heterocycles. The number of thioether (sulfide) groups is 1. The van der Waals surface area contributed by atoms with E-state index < -0.39 is 0 Å². The van der Waals surface area contributed by atoms with Crippen LogP contribution in [0.3, 0.4) is 0 Å². The van der Waals surface area contributed by atoms with E-state index >= 15 is 0 Å². The molecule has 2 rings (SSSR count). The average Bonchev–Trinajstić information content (AvgIpc) is 2.36. The number of nitrogen functional groups attached to an aromatic ring is 1. The van der Waals surface area contributed by atoms with Gasteiger partial charge in [-0.2, -0.15) is 0 Å². The van der Waals surface area contributed by atoms with Crippen molar-refractivity contribution in [2.24, 2.45) is 0 Å².